The molecule has 0 spiro atoms. The van der Waals surface area contributed by atoms with Crippen LogP contribution in [0.25, 0.3) is 5.57 Å². The average Bonchev–Trinajstić information content (AvgIpc) is 2.99. The van der Waals surface area contributed by atoms with Crippen LogP contribution in [0.15, 0.2) is 37.2 Å². The maximum absolute atomic E-state index is 5.50. The van der Waals surface area contributed by atoms with E-state index in [1.807, 2.05) is 24.1 Å². The van der Waals surface area contributed by atoms with Gasteiger partial charge in [-0.15, -0.1) is 0 Å². The lowest BCUT2D eigenvalue weighted by atomic mass is 9.98. The molecule has 0 saturated heterocycles. The second-order valence-corrected chi connectivity index (χ2v) is 5.38. The zero-order valence-corrected chi connectivity index (χ0v) is 13.7. The van der Waals surface area contributed by atoms with Gasteiger partial charge >= 0.3 is 0 Å². The number of rotatable bonds is 8. The molecule has 2 rings (SSSR count). The topological polar surface area (TPSA) is 39.1 Å². The molecule has 0 aliphatic heterocycles. The van der Waals surface area contributed by atoms with E-state index in [0.29, 0.717) is 6.61 Å². The first kappa shape index (κ1) is 16.3. The van der Waals surface area contributed by atoms with Gasteiger partial charge in [0.25, 0.3) is 0 Å². The molecule has 0 radical (unpaired) electrons. The lowest BCUT2D eigenvalue weighted by molar-refractivity contribution is 0.124. The minimum absolute atomic E-state index is 0.688. The highest BCUT2D eigenvalue weighted by molar-refractivity contribution is 5.84. The van der Waals surface area contributed by atoms with Crippen molar-refractivity contribution < 1.29 is 4.74 Å². The van der Waals surface area contributed by atoms with Crippen molar-refractivity contribution in [3.05, 3.63) is 53.9 Å². The lowest BCUT2D eigenvalue weighted by Gasteiger charge is -2.11. The van der Waals surface area contributed by atoms with Crippen LogP contribution < -0.4 is 5.32 Å². The predicted octanol–water partition coefficient (Wildman–Crippen LogP) is 3.72. The van der Waals surface area contributed by atoms with Crippen LogP contribution in [0.1, 0.15) is 30.0 Å². The van der Waals surface area contributed by atoms with Crippen LogP contribution in [-0.4, -0.2) is 30.0 Å². The summed E-state index contributed by atoms with van der Waals surface area (Å²) < 4.78 is 7.41. The largest absolute Gasteiger partial charge is 0.388 e. The highest BCUT2D eigenvalue weighted by Gasteiger charge is 2.10. The van der Waals surface area contributed by atoms with E-state index in [0.717, 1.165) is 42.0 Å². The molecular formula is C18H25N3O. The van der Waals surface area contributed by atoms with Gasteiger partial charge in [0.2, 0.25) is 0 Å². The number of hydrogen-bond donors (Lipinski definition) is 1. The molecule has 0 unspecified atom stereocenters. The molecule has 0 fully saturated rings. The van der Waals surface area contributed by atoms with Gasteiger partial charge in [0.05, 0.1) is 19.3 Å². The molecule has 0 aliphatic carbocycles. The average molecular weight is 299 g/mol. The SMILES string of the molecule is C=C(c1cnn(CCOCCC)c1)c1cc(C)ccc1NC. The van der Waals surface area contributed by atoms with Crippen molar-refractivity contribution in [1.82, 2.24) is 9.78 Å². The molecule has 2 aromatic rings. The Morgan fingerprint density at radius 1 is 1.36 bits per heavy atom. The number of aryl methyl sites for hydroxylation is 1. The Balaban J connectivity index is 2.10. The van der Waals surface area contributed by atoms with Crippen molar-refractivity contribution in [2.75, 3.05) is 25.6 Å². The van der Waals surface area contributed by atoms with Crippen LogP contribution in [0.4, 0.5) is 5.69 Å². The molecule has 1 N–H and O–H groups in total. The Bertz CT molecular complexity index is 631. The summed E-state index contributed by atoms with van der Waals surface area (Å²) in [5.41, 5.74) is 5.43. The second kappa shape index (κ2) is 7.80. The molecule has 118 valence electrons. The number of ether oxygens (including phenoxy) is 1. The summed E-state index contributed by atoms with van der Waals surface area (Å²) in [6, 6.07) is 6.33. The third-order valence-corrected chi connectivity index (χ3v) is 3.56. The number of aromatic nitrogens is 2. The van der Waals surface area contributed by atoms with Gasteiger partial charge in [-0.2, -0.15) is 5.10 Å². The number of anilines is 1. The van der Waals surface area contributed by atoms with Crippen LogP contribution in [0.2, 0.25) is 0 Å². The van der Waals surface area contributed by atoms with E-state index < -0.39 is 0 Å². The Morgan fingerprint density at radius 3 is 2.91 bits per heavy atom. The van der Waals surface area contributed by atoms with E-state index >= 15 is 0 Å². The molecular weight excluding hydrogens is 274 g/mol. The zero-order valence-electron chi connectivity index (χ0n) is 13.7. The van der Waals surface area contributed by atoms with Crippen molar-refractivity contribution in [3.63, 3.8) is 0 Å². The van der Waals surface area contributed by atoms with Crippen molar-refractivity contribution in [2.24, 2.45) is 0 Å². The second-order valence-electron chi connectivity index (χ2n) is 5.38. The minimum atomic E-state index is 0.688. The van der Waals surface area contributed by atoms with Gasteiger partial charge in [-0.05, 0) is 31.1 Å². The molecule has 0 saturated carbocycles. The highest BCUT2D eigenvalue weighted by atomic mass is 16.5. The molecule has 0 bridgehead atoms. The van der Waals surface area contributed by atoms with Crippen LogP contribution in [0, 0.1) is 6.92 Å². The molecule has 1 heterocycles. The summed E-state index contributed by atoms with van der Waals surface area (Å²) in [7, 11) is 1.93. The molecule has 1 aromatic heterocycles. The Labute approximate surface area is 132 Å². The van der Waals surface area contributed by atoms with Crippen molar-refractivity contribution in [1.29, 1.82) is 0 Å². The smallest absolute Gasteiger partial charge is 0.0662 e. The van der Waals surface area contributed by atoms with Crippen LogP contribution in [0.3, 0.4) is 0 Å². The van der Waals surface area contributed by atoms with E-state index in [9.17, 15) is 0 Å². The summed E-state index contributed by atoms with van der Waals surface area (Å²) in [5.74, 6) is 0. The van der Waals surface area contributed by atoms with E-state index in [4.69, 9.17) is 4.74 Å². The van der Waals surface area contributed by atoms with Gasteiger partial charge in [-0.1, -0.05) is 25.1 Å². The van der Waals surface area contributed by atoms with Gasteiger partial charge in [-0.3, -0.25) is 4.68 Å². The normalized spacial score (nSPS) is 10.7. The van der Waals surface area contributed by atoms with Gasteiger partial charge in [0, 0.05) is 36.7 Å². The molecule has 4 heteroatoms. The first-order valence-electron chi connectivity index (χ1n) is 7.74. The van der Waals surface area contributed by atoms with E-state index in [1.54, 1.807) is 0 Å². The van der Waals surface area contributed by atoms with Crippen LogP contribution in [0.5, 0.6) is 0 Å². The number of benzene rings is 1. The zero-order chi connectivity index (χ0) is 15.9. The Morgan fingerprint density at radius 2 is 2.18 bits per heavy atom. The number of nitrogens with zero attached hydrogens (tertiary/aromatic N) is 2. The molecule has 0 aliphatic rings. The van der Waals surface area contributed by atoms with Gasteiger partial charge in [-0.25, -0.2) is 0 Å². The predicted molar refractivity (Wildman–Crippen MR) is 92.2 cm³/mol. The minimum Gasteiger partial charge on any atom is -0.388 e. The summed E-state index contributed by atoms with van der Waals surface area (Å²) >= 11 is 0. The molecule has 1 aromatic carbocycles. The van der Waals surface area contributed by atoms with Crippen molar-refractivity contribution in [3.8, 4) is 0 Å². The third-order valence-electron chi connectivity index (χ3n) is 3.56. The fourth-order valence-electron chi connectivity index (χ4n) is 2.33. The maximum Gasteiger partial charge on any atom is 0.0662 e. The Kier molecular flexibility index (Phi) is 5.78. The summed E-state index contributed by atoms with van der Waals surface area (Å²) in [6.07, 6.45) is 4.94. The fraction of sp³-hybridized carbons (Fsp3) is 0.389. The fourth-order valence-corrected chi connectivity index (χ4v) is 2.33. The van der Waals surface area contributed by atoms with Gasteiger partial charge in [0.1, 0.15) is 0 Å². The Hall–Kier alpha value is -2.07. The number of nitrogens with one attached hydrogen (secondary N) is 1. The highest BCUT2D eigenvalue weighted by Crippen LogP contribution is 2.28. The van der Waals surface area contributed by atoms with Crippen molar-refractivity contribution >= 4 is 11.3 Å². The quantitative estimate of drug-likeness (QED) is 0.755. The first-order chi connectivity index (χ1) is 10.7. The molecule has 4 nitrogen and oxygen atoms in total. The van der Waals surface area contributed by atoms with Crippen molar-refractivity contribution in [2.45, 2.75) is 26.8 Å². The monoisotopic (exact) mass is 299 g/mol. The summed E-state index contributed by atoms with van der Waals surface area (Å²) in [6.45, 7) is 10.7. The molecule has 0 atom stereocenters. The van der Waals surface area contributed by atoms with Crippen LogP contribution in [-0.2, 0) is 11.3 Å². The van der Waals surface area contributed by atoms with E-state index in [2.05, 4.69) is 49.0 Å². The number of hydrogen-bond acceptors (Lipinski definition) is 3. The van der Waals surface area contributed by atoms with Gasteiger partial charge in [0.15, 0.2) is 0 Å². The van der Waals surface area contributed by atoms with Gasteiger partial charge < -0.3 is 10.1 Å². The first-order valence-corrected chi connectivity index (χ1v) is 7.74. The maximum atomic E-state index is 5.50. The molecule has 0 amide bonds. The summed E-state index contributed by atoms with van der Waals surface area (Å²) in [5, 5.41) is 7.61. The standard InChI is InChI=1S/C18H25N3O/c1-5-9-22-10-8-21-13-16(12-20-21)15(3)17-11-14(2)6-7-18(17)19-4/h6-7,11-13,19H,3,5,8-10H2,1-2,4H3. The third kappa shape index (κ3) is 3.98. The van der Waals surface area contributed by atoms with E-state index in [-0.39, 0.29) is 0 Å². The summed E-state index contributed by atoms with van der Waals surface area (Å²) in [4.78, 5) is 0. The lowest BCUT2D eigenvalue weighted by Crippen LogP contribution is -2.06. The van der Waals surface area contributed by atoms with Crippen LogP contribution >= 0.6 is 0 Å². The van der Waals surface area contributed by atoms with E-state index in [1.165, 1.54) is 5.56 Å². The molecule has 22 heavy (non-hydrogen) atoms.